The summed E-state index contributed by atoms with van der Waals surface area (Å²) >= 11 is 0. The largest absolute Gasteiger partial charge is 0.369 e. The molecule has 1 atom stereocenters. The zero-order chi connectivity index (χ0) is 11.9. The summed E-state index contributed by atoms with van der Waals surface area (Å²) < 4.78 is 0. The highest BCUT2D eigenvalue weighted by molar-refractivity contribution is 6.14. The molecule has 1 aliphatic heterocycles. The summed E-state index contributed by atoms with van der Waals surface area (Å²) in [5.41, 5.74) is 4.99. The molecule has 0 aromatic carbocycles. The lowest BCUT2D eigenvalue weighted by molar-refractivity contribution is -0.121. The van der Waals surface area contributed by atoms with Crippen molar-refractivity contribution >= 4 is 17.5 Å². The smallest absolute Gasteiger partial charge is 0.230 e. The number of primary amides is 1. The highest BCUT2D eigenvalue weighted by atomic mass is 16.2. The molecule has 3 N–H and O–H groups in total. The van der Waals surface area contributed by atoms with Gasteiger partial charge in [0.05, 0.1) is 11.1 Å². The third-order valence-electron chi connectivity index (χ3n) is 2.78. The number of nitrogens with zero attached hydrogens (tertiary/aromatic N) is 1. The molecule has 5 nitrogen and oxygen atoms in total. The lowest BCUT2D eigenvalue weighted by Crippen LogP contribution is -2.53. The number of aromatic nitrogens is 1. The van der Waals surface area contributed by atoms with Gasteiger partial charge in [0.1, 0.15) is 11.7 Å². The Morgan fingerprint density at radius 1 is 1.56 bits per heavy atom. The van der Waals surface area contributed by atoms with Crippen LogP contribution in [-0.4, -0.2) is 22.2 Å². The second-order valence-electron chi connectivity index (χ2n) is 4.45. The molecule has 84 valence electrons. The van der Waals surface area contributed by atoms with Crippen LogP contribution in [0.5, 0.6) is 0 Å². The Kier molecular flexibility index (Phi) is 2.18. The third-order valence-corrected chi connectivity index (χ3v) is 2.78. The number of hydrogen-bond donors (Lipinski definition) is 2. The molecule has 1 aromatic rings. The number of Topliss-reactive ketones (excluding diaryl/α,β-unsaturated/α-hetero) is 1. The van der Waals surface area contributed by atoms with Crippen LogP contribution in [0.3, 0.4) is 0 Å². The second kappa shape index (κ2) is 3.30. The fourth-order valence-electron chi connectivity index (χ4n) is 2.05. The van der Waals surface area contributed by atoms with Crippen molar-refractivity contribution in [2.75, 3.05) is 5.32 Å². The van der Waals surface area contributed by atoms with Gasteiger partial charge in [-0.25, -0.2) is 4.98 Å². The second-order valence-corrected chi connectivity index (χ2v) is 4.45. The van der Waals surface area contributed by atoms with Crippen molar-refractivity contribution in [1.29, 1.82) is 0 Å². The van der Waals surface area contributed by atoms with Gasteiger partial charge < -0.3 is 11.1 Å². The van der Waals surface area contributed by atoms with Crippen molar-refractivity contribution in [1.82, 2.24) is 4.98 Å². The zero-order valence-corrected chi connectivity index (χ0v) is 9.15. The van der Waals surface area contributed by atoms with Crippen LogP contribution < -0.4 is 11.1 Å². The number of carbonyl (C=O) groups is 2. The summed E-state index contributed by atoms with van der Waals surface area (Å²) in [5.74, 6) is -1.23. The summed E-state index contributed by atoms with van der Waals surface area (Å²) in [6.45, 7) is 3.52. The zero-order valence-electron chi connectivity index (χ0n) is 9.15. The number of nitrogens with two attached hydrogens (primary N) is 1. The molecule has 1 aromatic heterocycles. The van der Waals surface area contributed by atoms with E-state index in [1.165, 1.54) is 0 Å². The Balaban J connectivity index is 2.56. The topological polar surface area (TPSA) is 85.1 Å². The quantitative estimate of drug-likeness (QED) is 0.676. The van der Waals surface area contributed by atoms with Gasteiger partial charge in [0.2, 0.25) is 5.91 Å². The average Bonchev–Trinajstić information content (AvgIpc) is 2.15. The van der Waals surface area contributed by atoms with Gasteiger partial charge in [-0.1, -0.05) is 0 Å². The van der Waals surface area contributed by atoms with E-state index >= 15 is 0 Å². The molecular weight excluding hydrogens is 206 g/mol. The Morgan fingerprint density at radius 3 is 2.88 bits per heavy atom. The number of hydrogen-bond acceptors (Lipinski definition) is 4. The highest BCUT2D eigenvalue weighted by Gasteiger charge is 2.44. The van der Waals surface area contributed by atoms with E-state index < -0.39 is 17.4 Å². The van der Waals surface area contributed by atoms with Crippen LogP contribution in [0.2, 0.25) is 0 Å². The maximum Gasteiger partial charge on any atom is 0.230 e. The van der Waals surface area contributed by atoms with Gasteiger partial charge in [0.25, 0.3) is 0 Å². The summed E-state index contributed by atoms with van der Waals surface area (Å²) in [4.78, 5) is 27.5. The maximum absolute atomic E-state index is 12.1. The van der Waals surface area contributed by atoms with Crippen LogP contribution in [0.4, 0.5) is 5.82 Å². The molecule has 0 saturated carbocycles. The first-order chi connectivity index (χ1) is 7.43. The van der Waals surface area contributed by atoms with E-state index in [0.717, 1.165) is 0 Å². The molecule has 1 aliphatic rings. The van der Waals surface area contributed by atoms with Crippen molar-refractivity contribution in [3.63, 3.8) is 0 Å². The van der Waals surface area contributed by atoms with Gasteiger partial charge >= 0.3 is 0 Å². The molecule has 1 unspecified atom stereocenters. The molecule has 0 bridgehead atoms. The van der Waals surface area contributed by atoms with E-state index in [2.05, 4.69) is 10.3 Å². The fraction of sp³-hybridized carbons (Fsp3) is 0.364. The maximum atomic E-state index is 12.1. The fourth-order valence-corrected chi connectivity index (χ4v) is 2.05. The standard InChI is InChI=1S/C11H13N3O2/c1-11(2)7(9(12)16)8(15)6-4-3-5-13-10(6)14-11/h3-5,7H,1-2H3,(H2,12,16)(H,13,14). The van der Waals surface area contributed by atoms with Gasteiger partial charge in [-0.3, -0.25) is 9.59 Å². The highest BCUT2D eigenvalue weighted by Crippen LogP contribution is 2.32. The Hall–Kier alpha value is -1.91. The minimum Gasteiger partial charge on any atom is -0.369 e. The van der Waals surface area contributed by atoms with E-state index in [9.17, 15) is 9.59 Å². The van der Waals surface area contributed by atoms with Gasteiger partial charge in [-0.2, -0.15) is 0 Å². The van der Waals surface area contributed by atoms with Crippen molar-refractivity contribution in [3.8, 4) is 0 Å². The van der Waals surface area contributed by atoms with E-state index in [0.29, 0.717) is 11.4 Å². The molecule has 2 rings (SSSR count). The van der Waals surface area contributed by atoms with E-state index in [1.807, 2.05) is 0 Å². The monoisotopic (exact) mass is 219 g/mol. The van der Waals surface area contributed by atoms with Crippen molar-refractivity contribution in [2.24, 2.45) is 11.7 Å². The Labute approximate surface area is 93.0 Å². The number of anilines is 1. The number of nitrogens with one attached hydrogen (secondary N) is 1. The number of ketones is 1. The first-order valence-corrected chi connectivity index (χ1v) is 5.00. The van der Waals surface area contributed by atoms with Gasteiger partial charge in [0.15, 0.2) is 5.78 Å². The molecule has 0 saturated heterocycles. The first-order valence-electron chi connectivity index (χ1n) is 5.00. The van der Waals surface area contributed by atoms with Gasteiger partial charge in [-0.15, -0.1) is 0 Å². The number of amides is 1. The Morgan fingerprint density at radius 2 is 2.25 bits per heavy atom. The van der Waals surface area contributed by atoms with Crippen LogP contribution in [0.25, 0.3) is 0 Å². The normalized spacial score (nSPS) is 22.1. The summed E-state index contributed by atoms with van der Waals surface area (Å²) in [6, 6.07) is 3.30. The summed E-state index contributed by atoms with van der Waals surface area (Å²) in [5, 5.41) is 3.07. The number of carbonyl (C=O) groups excluding carboxylic acids is 2. The SMILES string of the molecule is CC1(C)Nc2ncccc2C(=O)C1C(N)=O. The van der Waals surface area contributed by atoms with Crippen LogP contribution in [0.15, 0.2) is 18.3 Å². The van der Waals surface area contributed by atoms with Crippen molar-refractivity contribution in [2.45, 2.75) is 19.4 Å². The van der Waals surface area contributed by atoms with E-state index in [-0.39, 0.29) is 5.78 Å². The molecular formula is C11H13N3O2. The minimum atomic E-state index is -0.857. The number of pyridine rings is 1. The van der Waals surface area contributed by atoms with E-state index in [4.69, 9.17) is 5.73 Å². The van der Waals surface area contributed by atoms with Crippen molar-refractivity contribution in [3.05, 3.63) is 23.9 Å². The van der Waals surface area contributed by atoms with Crippen LogP contribution in [-0.2, 0) is 4.79 Å². The minimum absolute atomic E-state index is 0.264. The molecule has 5 heteroatoms. The van der Waals surface area contributed by atoms with Gasteiger partial charge in [-0.05, 0) is 26.0 Å². The number of fused-ring (bicyclic) bond motifs is 1. The molecule has 0 radical (unpaired) electrons. The average molecular weight is 219 g/mol. The van der Waals surface area contributed by atoms with E-state index in [1.54, 1.807) is 32.2 Å². The van der Waals surface area contributed by atoms with Crippen molar-refractivity contribution < 1.29 is 9.59 Å². The first kappa shape index (κ1) is 10.6. The van der Waals surface area contributed by atoms with Crippen LogP contribution >= 0.6 is 0 Å². The molecule has 1 amide bonds. The third kappa shape index (κ3) is 1.44. The van der Waals surface area contributed by atoms with Crippen LogP contribution in [0, 0.1) is 5.92 Å². The molecule has 2 heterocycles. The molecule has 0 spiro atoms. The molecule has 16 heavy (non-hydrogen) atoms. The molecule has 0 fully saturated rings. The lowest BCUT2D eigenvalue weighted by Gasteiger charge is -2.37. The predicted octanol–water partition coefficient (Wildman–Crippen LogP) is 0.570. The Bertz CT molecular complexity index is 468. The number of rotatable bonds is 1. The van der Waals surface area contributed by atoms with Gasteiger partial charge in [0, 0.05) is 6.20 Å². The van der Waals surface area contributed by atoms with Crippen LogP contribution in [0.1, 0.15) is 24.2 Å². The lowest BCUT2D eigenvalue weighted by atomic mass is 9.78. The predicted molar refractivity (Wildman–Crippen MR) is 59.0 cm³/mol. The summed E-state index contributed by atoms with van der Waals surface area (Å²) in [7, 11) is 0. The summed E-state index contributed by atoms with van der Waals surface area (Å²) in [6.07, 6.45) is 1.60. The molecule has 0 aliphatic carbocycles.